The van der Waals surface area contributed by atoms with Crippen molar-refractivity contribution in [1.82, 2.24) is 5.32 Å². The summed E-state index contributed by atoms with van der Waals surface area (Å²) in [5.74, 6) is -0.564. The quantitative estimate of drug-likeness (QED) is 0.435. The molecule has 0 atom stereocenters. The molecule has 1 amide bonds. The molecule has 2 N–H and O–H groups in total. The van der Waals surface area contributed by atoms with E-state index in [1.165, 1.54) is 42.5 Å². The first-order valence-corrected chi connectivity index (χ1v) is 13.9. The summed E-state index contributed by atoms with van der Waals surface area (Å²) in [6.45, 7) is 3.88. The van der Waals surface area contributed by atoms with Crippen LogP contribution in [0.2, 0.25) is 5.02 Å². The highest BCUT2D eigenvalue weighted by molar-refractivity contribution is 7.92. The zero-order valence-corrected chi connectivity index (χ0v) is 20.7. The van der Waals surface area contributed by atoms with Gasteiger partial charge in [-0.25, -0.2) is 16.8 Å². The number of carbonyl (C=O) groups is 1. The number of carbonyl (C=O) groups excluding carboxylic acids is 1. The lowest BCUT2D eigenvalue weighted by Crippen LogP contribution is -2.25. The molecule has 34 heavy (non-hydrogen) atoms. The summed E-state index contributed by atoms with van der Waals surface area (Å²) in [7, 11) is -7.58. The van der Waals surface area contributed by atoms with E-state index in [9.17, 15) is 21.6 Å². The van der Waals surface area contributed by atoms with Gasteiger partial charge in [-0.15, -0.1) is 0 Å². The number of sulfonamides is 1. The highest BCUT2D eigenvalue weighted by Gasteiger charge is 2.20. The number of aryl methyl sites for hydroxylation is 1. The lowest BCUT2D eigenvalue weighted by atomic mass is 10.1. The van der Waals surface area contributed by atoms with E-state index < -0.39 is 25.8 Å². The smallest absolute Gasteiger partial charge is 0.261 e. The molecule has 3 aromatic rings. The Morgan fingerprint density at radius 1 is 0.912 bits per heavy atom. The Morgan fingerprint density at radius 2 is 1.53 bits per heavy atom. The van der Waals surface area contributed by atoms with Crippen LogP contribution < -0.4 is 10.0 Å². The minimum Gasteiger partial charge on any atom is -0.326 e. The Labute approximate surface area is 204 Å². The van der Waals surface area contributed by atoms with Crippen molar-refractivity contribution >= 4 is 43.1 Å². The Bertz CT molecular complexity index is 1420. The number of hydrogen-bond donors (Lipinski definition) is 2. The first kappa shape index (κ1) is 25.5. The summed E-state index contributed by atoms with van der Waals surface area (Å²) in [6.07, 6.45) is 2.21. The standard InChI is InChI=1S/C24H23ClN2O5S2/c1-17(8-9-18-6-4-3-5-7-18)26-24(28)22-16-19(25)10-15-23(22)27-34(31,32)21-13-11-20(12-14-21)33(2,29)30/h3-7,10-16,27H,1,8-9H2,2H3,(H,26,28). The molecule has 10 heteroatoms. The maximum absolute atomic E-state index is 12.9. The van der Waals surface area contributed by atoms with Crippen molar-refractivity contribution in [2.75, 3.05) is 11.0 Å². The highest BCUT2D eigenvalue weighted by atomic mass is 35.5. The molecule has 0 saturated heterocycles. The van der Waals surface area contributed by atoms with Gasteiger partial charge < -0.3 is 5.32 Å². The number of allylic oxidation sites excluding steroid dienone is 1. The maximum Gasteiger partial charge on any atom is 0.261 e. The van der Waals surface area contributed by atoms with Crippen LogP contribution in [0.3, 0.4) is 0 Å². The minimum atomic E-state index is -4.11. The third-order valence-corrected chi connectivity index (χ3v) is 7.63. The second-order valence-electron chi connectivity index (χ2n) is 7.58. The fourth-order valence-electron chi connectivity index (χ4n) is 3.09. The molecular formula is C24H23ClN2O5S2. The van der Waals surface area contributed by atoms with Crippen molar-refractivity contribution in [1.29, 1.82) is 0 Å². The van der Waals surface area contributed by atoms with E-state index in [4.69, 9.17) is 11.6 Å². The summed E-state index contributed by atoms with van der Waals surface area (Å²) in [4.78, 5) is 12.7. The third kappa shape index (κ3) is 6.69. The van der Waals surface area contributed by atoms with Gasteiger partial charge in [0.2, 0.25) is 0 Å². The van der Waals surface area contributed by atoms with E-state index in [0.717, 1.165) is 11.8 Å². The lowest BCUT2D eigenvalue weighted by Gasteiger charge is -2.14. The average Bonchev–Trinajstić information content (AvgIpc) is 2.79. The zero-order chi connectivity index (χ0) is 24.9. The van der Waals surface area contributed by atoms with Gasteiger partial charge in [-0.05, 0) is 60.9 Å². The topological polar surface area (TPSA) is 109 Å². The largest absolute Gasteiger partial charge is 0.326 e. The molecule has 0 aliphatic heterocycles. The van der Waals surface area contributed by atoms with Gasteiger partial charge in [0.1, 0.15) is 0 Å². The van der Waals surface area contributed by atoms with Crippen molar-refractivity contribution in [2.24, 2.45) is 0 Å². The van der Waals surface area contributed by atoms with Crippen molar-refractivity contribution in [3.63, 3.8) is 0 Å². The average molecular weight is 519 g/mol. The molecule has 0 fully saturated rings. The van der Waals surface area contributed by atoms with Gasteiger partial charge >= 0.3 is 0 Å². The van der Waals surface area contributed by atoms with Gasteiger partial charge in [-0.3, -0.25) is 9.52 Å². The fraction of sp³-hybridized carbons (Fsp3) is 0.125. The van der Waals surface area contributed by atoms with Gasteiger partial charge in [0, 0.05) is 17.0 Å². The fourth-order valence-corrected chi connectivity index (χ4v) is 4.98. The molecule has 7 nitrogen and oxygen atoms in total. The lowest BCUT2D eigenvalue weighted by molar-refractivity contribution is 0.0965. The second-order valence-corrected chi connectivity index (χ2v) is 11.7. The molecule has 0 saturated carbocycles. The molecule has 178 valence electrons. The number of halogens is 1. The Balaban J connectivity index is 1.77. The summed E-state index contributed by atoms with van der Waals surface area (Å²) in [5, 5.41) is 2.94. The number of nitrogens with one attached hydrogen (secondary N) is 2. The number of anilines is 1. The predicted molar refractivity (Wildman–Crippen MR) is 133 cm³/mol. The first-order valence-electron chi connectivity index (χ1n) is 10.1. The van der Waals surface area contributed by atoms with Crippen LogP contribution in [0.15, 0.2) is 94.9 Å². The van der Waals surface area contributed by atoms with Gasteiger partial charge in [0.15, 0.2) is 9.84 Å². The summed E-state index contributed by atoms with van der Waals surface area (Å²) < 4.78 is 51.3. The van der Waals surface area contributed by atoms with Crippen molar-refractivity contribution in [2.45, 2.75) is 22.6 Å². The van der Waals surface area contributed by atoms with Crippen LogP contribution in [-0.2, 0) is 26.3 Å². The van der Waals surface area contributed by atoms with E-state index in [1.807, 2.05) is 30.3 Å². The van der Waals surface area contributed by atoms with Crippen LogP contribution in [0.1, 0.15) is 22.3 Å². The van der Waals surface area contributed by atoms with Gasteiger partial charge in [0.05, 0.1) is 21.0 Å². The Hall–Kier alpha value is -3.14. The van der Waals surface area contributed by atoms with E-state index in [-0.39, 0.29) is 26.1 Å². The zero-order valence-electron chi connectivity index (χ0n) is 18.3. The number of benzene rings is 3. The van der Waals surface area contributed by atoms with Crippen LogP contribution in [0, 0.1) is 0 Å². The van der Waals surface area contributed by atoms with Crippen LogP contribution in [0.4, 0.5) is 5.69 Å². The van der Waals surface area contributed by atoms with Crippen molar-refractivity contribution in [3.8, 4) is 0 Å². The van der Waals surface area contributed by atoms with E-state index in [0.29, 0.717) is 18.5 Å². The van der Waals surface area contributed by atoms with Crippen LogP contribution in [0.5, 0.6) is 0 Å². The first-order chi connectivity index (χ1) is 16.0. The highest BCUT2D eigenvalue weighted by Crippen LogP contribution is 2.25. The molecule has 0 heterocycles. The number of amides is 1. The maximum atomic E-state index is 12.9. The monoisotopic (exact) mass is 518 g/mol. The third-order valence-electron chi connectivity index (χ3n) is 4.88. The molecular weight excluding hydrogens is 496 g/mol. The molecule has 0 bridgehead atoms. The SMILES string of the molecule is C=C(CCc1ccccc1)NC(=O)c1cc(Cl)ccc1NS(=O)(=O)c1ccc(S(C)(=O)=O)cc1. The molecule has 0 spiro atoms. The molecule has 0 unspecified atom stereocenters. The van der Waals surface area contributed by atoms with Crippen LogP contribution >= 0.6 is 11.6 Å². The van der Waals surface area contributed by atoms with Gasteiger partial charge in [-0.1, -0.05) is 48.5 Å². The van der Waals surface area contributed by atoms with Crippen molar-refractivity contribution in [3.05, 3.63) is 101 Å². The second kappa shape index (κ2) is 10.4. The minimum absolute atomic E-state index is 0.00738. The van der Waals surface area contributed by atoms with E-state index >= 15 is 0 Å². The molecule has 3 aromatic carbocycles. The van der Waals surface area contributed by atoms with Crippen molar-refractivity contribution < 1.29 is 21.6 Å². The summed E-state index contributed by atoms with van der Waals surface area (Å²) >= 11 is 6.05. The van der Waals surface area contributed by atoms with Gasteiger partial charge in [0.25, 0.3) is 15.9 Å². The summed E-state index contributed by atoms with van der Waals surface area (Å²) in [6, 6.07) is 18.7. The summed E-state index contributed by atoms with van der Waals surface area (Å²) in [5.41, 5.74) is 1.60. The molecule has 0 aromatic heterocycles. The van der Waals surface area contributed by atoms with E-state index in [2.05, 4.69) is 16.6 Å². The number of hydrogen-bond acceptors (Lipinski definition) is 5. The molecule has 0 radical (unpaired) electrons. The van der Waals surface area contributed by atoms with Crippen LogP contribution in [-0.4, -0.2) is 29.0 Å². The van der Waals surface area contributed by atoms with Gasteiger partial charge in [-0.2, -0.15) is 0 Å². The molecule has 0 aliphatic carbocycles. The molecule has 3 rings (SSSR count). The Kier molecular flexibility index (Phi) is 7.81. The number of rotatable bonds is 9. The molecule has 0 aliphatic rings. The Morgan fingerprint density at radius 3 is 2.15 bits per heavy atom. The predicted octanol–water partition coefficient (Wildman–Crippen LogP) is 4.42. The number of sulfone groups is 1. The normalized spacial score (nSPS) is 11.6. The van der Waals surface area contributed by atoms with Crippen LogP contribution in [0.25, 0.3) is 0 Å². The van der Waals surface area contributed by atoms with E-state index in [1.54, 1.807) is 0 Å².